The number of rotatable bonds is 7. The smallest absolute Gasteiger partial charge is 0.149 e. The van der Waals surface area contributed by atoms with Gasteiger partial charge in [-0.05, 0) is 24.1 Å². The predicted octanol–water partition coefficient (Wildman–Crippen LogP) is 1.41. The van der Waals surface area contributed by atoms with E-state index in [0.717, 1.165) is 24.2 Å². The Hall–Kier alpha value is -1.07. The Bertz CT molecular complexity index is 454. The highest BCUT2D eigenvalue weighted by atomic mass is 32.2. The van der Waals surface area contributed by atoms with Gasteiger partial charge in [0.2, 0.25) is 0 Å². The Labute approximate surface area is 110 Å². The minimum Gasteiger partial charge on any atom is -0.371 e. The first-order valence-corrected chi connectivity index (χ1v) is 8.24. The van der Waals surface area contributed by atoms with E-state index in [-0.39, 0.29) is 5.75 Å². The number of anilines is 1. The lowest BCUT2D eigenvalue weighted by atomic mass is 10.2. The van der Waals surface area contributed by atoms with Crippen LogP contribution in [0.4, 0.5) is 5.69 Å². The standard InChI is InChI=1S/C13H22N2O2S/c1-3-8-15(9-10-18(2,16)17)13-6-4-12(11-14)5-7-13/h4-7H,3,8-11,14H2,1-2H3. The molecule has 0 amide bonds. The van der Waals surface area contributed by atoms with Gasteiger partial charge in [0, 0.05) is 31.6 Å². The van der Waals surface area contributed by atoms with Crippen LogP contribution in [0, 0.1) is 0 Å². The predicted molar refractivity (Wildman–Crippen MR) is 76.5 cm³/mol. The molecule has 0 spiro atoms. The second kappa shape index (κ2) is 6.75. The van der Waals surface area contributed by atoms with Crippen LogP contribution in [-0.2, 0) is 16.4 Å². The molecule has 0 aliphatic carbocycles. The second-order valence-electron chi connectivity index (χ2n) is 4.49. The molecule has 1 aromatic rings. The molecule has 18 heavy (non-hydrogen) atoms. The molecule has 0 aliphatic rings. The Morgan fingerprint density at radius 1 is 1.17 bits per heavy atom. The van der Waals surface area contributed by atoms with Crippen LogP contribution >= 0.6 is 0 Å². The van der Waals surface area contributed by atoms with Gasteiger partial charge in [-0.3, -0.25) is 0 Å². The topological polar surface area (TPSA) is 63.4 Å². The van der Waals surface area contributed by atoms with Gasteiger partial charge in [0.25, 0.3) is 0 Å². The number of benzene rings is 1. The number of hydrogen-bond acceptors (Lipinski definition) is 4. The van der Waals surface area contributed by atoms with E-state index in [1.54, 1.807) is 0 Å². The molecule has 0 bridgehead atoms. The Kier molecular flexibility index (Phi) is 5.62. The zero-order valence-corrected chi connectivity index (χ0v) is 11.9. The molecule has 0 unspecified atom stereocenters. The Morgan fingerprint density at radius 3 is 2.22 bits per heavy atom. The second-order valence-corrected chi connectivity index (χ2v) is 6.75. The van der Waals surface area contributed by atoms with Crippen molar-refractivity contribution in [3.05, 3.63) is 29.8 Å². The van der Waals surface area contributed by atoms with Gasteiger partial charge in [-0.15, -0.1) is 0 Å². The van der Waals surface area contributed by atoms with Gasteiger partial charge in [0.1, 0.15) is 9.84 Å². The van der Waals surface area contributed by atoms with Crippen LogP contribution in [0.5, 0.6) is 0 Å². The van der Waals surface area contributed by atoms with Gasteiger partial charge in [-0.1, -0.05) is 19.1 Å². The van der Waals surface area contributed by atoms with E-state index < -0.39 is 9.84 Å². The van der Waals surface area contributed by atoms with E-state index in [9.17, 15) is 8.42 Å². The Balaban J connectivity index is 2.76. The third kappa shape index (κ3) is 5.06. The lowest BCUT2D eigenvalue weighted by Gasteiger charge is -2.24. The van der Waals surface area contributed by atoms with E-state index in [2.05, 4.69) is 11.8 Å². The molecule has 102 valence electrons. The fourth-order valence-corrected chi connectivity index (χ4v) is 2.31. The summed E-state index contributed by atoms with van der Waals surface area (Å²) in [6.45, 7) is 4.01. The minimum absolute atomic E-state index is 0.186. The normalized spacial score (nSPS) is 11.5. The van der Waals surface area contributed by atoms with E-state index in [0.29, 0.717) is 13.1 Å². The highest BCUT2D eigenvalue weighted by Crippen LogP contribution is 2.15. The van der Waals surface area contributed by atoms with Gasteiger partial charge >= 0.3 is 0 Å². The lowest BCUT2D eigenvalue weighted by Crippen LogP contribution is -2.29. The maximum absolute atomic E-state index is 11.2. The van der Waals surface area contributed by atoms with Crippen LogP contribution in [0.1, 0.15) is 18.9 Å². The monoisotopic (exact) mass is 270 g/mol. The molecule has 0 saturated heterocycles. The van der Waals surface area contributed by atoms with E-state index in [1.807, 2.05) is 24.3 Å². The number of nitrogens with two attached hydrogens (primary N) is 1. The lowest BCUT2D eigenvalue weighted by molar-refractivity contribution is 0.600. The fraction of sp³-hybridized carbons (Fsp3) is 0.538. The van der Waals surface area contributed by atoms with Crippen LogP contribution in [0.2, 0.25) is 0 Å². The van der Waals surface area contributed by atoms with Gasteiger partial charge in [-0.25, -0.2) is 8.42 Å². The molecule has 2 N–H and O–H groups in total. The summed E-state index contributed by atoms with van der Waals surface area (Å²) in [6, 6.07) is 7.97. The molecule has 0 aliphatic heterocycles. The number of hydrogen-bond donors (Lipinski definition) is 1. The van der Waals surface area contributed by atoms with Crippen LogP contribution in [0.15, 0.2) is 24.3 Å². The van der Waals surface area contributed by atoms with Crippen molar-refractivity contribution >= 4 is 15.5 Å². The van der Waals surface area contributed by atoms with E-state index in [4.69, 9.17) is 5.73 Å². The van der Waals surface area contributed by atoms with Crippen molar-refractivity contribution in [2.24, 2.45) is 5.73 Å². The van der Waals surface area contributed by atoms with Gasteiger partial charge in [-0.2, -0.15) is 0 Å². The van der Waals surface area contributed by atoms with Crippen LogP contribution in [0.3, 0.4) is 0 Å². The molecule has 0 atom stereocenters. The maximum atomic E-state index is 11.2. The van der Waals surface area contributed by atoms with Crippen molar-refractivity contribution in [2.75, 3.05) is 30.0 Å². The SMILES string of the molecule is CCCN(CCS(C)(=O)=O)c1ccc(CN)cc1. The summed E-state index contributed by atoms with van der Waals surface area (Å²) in [5.41, 5.74) is 7.69. The van der Waals surface area contributed by atoms with Gasteiger partial charge < -0.3 is 10.6 Å². The third-order valence-electron chi connectivity index (χ3n) is 2.76. The highest BCUT2D eigenvalue weighted by Gasteiger charge is 2.09. The average molecular weight is 270 g/mol. The first-order chi connectivity index (χ1) is 8.46. The van der Waals surface area contributed by atoms with E-state index >= 15 is 0 Å². The zero-order valence-electron chi connectivity index (χ0n) is 11.1. The highest BCUT2D eigenvalue weighted by molar-refractivity contribution is 7.90. The summed E-state index contributed by atoms with van der Waals surface area (Å²) in [5.74, 6) is 0.186. The minimum atomic E-state index is -2.92. The van der Waals surface area contributed by atoms with Crippen LogP contribution < -0.4 is 10.6 Å². The first-order valence-electron chi connectivity index (χ1n) is 6.18. The molecule has 0 heterocycles. The molecular weight excluding hydrogens is 248 g/mol. The molecule has 4 nitrogen and oxygen atoms in total. The van der Waals surface area contributed by atoms with Crippen LogP contribution in [-0.4, -0.2) is 33.5 Å². The van der Waals surface area contributed by atoms with Gasteiger partial charge in [0.15, 0.2) is 0 Å². The molecule has 0 fully saturated rings. The maximum Gasteiger partial charge on any atom is 0.149 e. The van der Waals surface area contributed by atoms with Crippen molar-refractivity contribution in [3.8, 4) is 0 Å². The summed E-state index contributed by atoms with van der Waals surface area (Å²) in [5, 5.41) is 0. The quantitative estimate of drug-likeness (QED) is 0.813. The summed E-state index contributed by atoms with van der Waals surface area (Å²) < 4.78 is 22.5. The summed E-state index contributed by atoms with van der Waals surface area (Å²) >= 11 is 0. The molecule has 1 rings (SSSR count). The number of nitrogens with zero attached hydrogens (tertiary/aromatic N) is 1. The van der Waals surface area contributed by atoms with Crippen molar-refractivity contribution in [1.82, 2.24) is 0 Å². The number of sulfone groups is 1. The van der Waals surface area contributed by atoms with Crippen molar-refractivity contribution in [3.63, 3.8) is 0 Å². The van der Waals surface area contributed by atoms with E-state index in [1.165, 1.54) is 6.26 Å². The van der Waals surface area contributed by atoms with Crippen LogP contribution in [0.25, 0.3) is 0 Å². The third-order valence-corrected chi connectivity index (χ3v) is 3.69. The summed E-state index contributed by atoms with van der Waals surface area (Å²) in [4.78, 5) is 2.10. The largest absolute Gasteiger partial charge is 0.371 e. The first kappa shape index (κ1) is 15.0. The fourth-order valence-electron chi connectivity index (χ4n) is 1.76. The van der Waals surface area contributed by atoms with Gasteiger partial charge in [0.05, 0.1) is 5.75 Å². The summed E-state index contributed by atoms with van der Waals surface area (Å²) in [6.07, 6.45) is 2.26. The van der Waals surface area contributed by atoms with Crippen molar-refractivity contribution < 1.29 is 8.42 Å². The molecule has 1 aromatic carbocycles. The van der Waals surface area contributed by atoms with Crippen molar-refractivity contribution in [1.29, 1.82) is 0 Å². The molecule has 0 radical (unpaired) electrons. The molecule has 5 heteroatoms. The Morgan fingerprint density at radius 2 is 1.78 bits per heavy atom. The average Bonchev–Trinajstić information content (AvgIpc) is 2.33. The molecule has 0 saturated carbocycles. The van der Waals surface area contributed by atoms with Crippen molar-refractivity contribution in [2.45, 2.75) is 19.9 Å². The zero-order chi connectivity index (χ0) is 13.6. The summed E-state index contributed by atoms with van der Waals surface area (Å²) in [7, 11) is -2.92. The molecular formula is C13H22N2O2S. The molecule has 0 aromatic heterocycles.